The lowest BCUT2D eigenvalue weighted by Crippen LogP contribution is -2.09. The van der Waals surface area contributed by atoms with Crippen molar-refractivity contribution in [3.8, 4) is 34.5 Å². The molecule has 48 heavy (non-hydrogen) atoms. The van der Waals surface area contributed by atoms with E-state index in [-0.39, 0.29) is 18.2 Å². The number of nitro groups is 3. The van der Waals surface area contributed by atoms with Crippen LogP contribution in [0.4, 0.5) is 56.6 Å². The molecule has 0 aliphatic rings. The van der Waals surface area contributed by atoms with E-state index in [0.717, 1.165) is 0 Å². The van der Waals surface area contributed by atoms with Crippen LogP contribution < -0.4 is 14.2 Å². The van der Waals surface area contributed by atoms with E-state index in [9.17, 15) is 69.9 Å². The molecule has 4 aromatic rings. The first-order valence-electron chi connectivity index (χ1n) is 12.4. The average molecular weight is 693 g/mol. The molecular weight excluding hydrogens is 681 g/mol. The summed E-state index contributed by atoms with van der Waals surface area (Å²) in [4.78, 5) is 29.6. The second-order valence-electron chi connectivity index (χ2n) is 9.25. The number of ether oxygens (including phenoxy) is 3. The number of hydrogen-bond donors (Lipinski definition) is 0. The minimum atomic E-state index is -5.27. The van der Waals surface area contributed by atoms with Gasteiger partial charge in [0.2, 0.25) is 0 Å². The van der Waals surface area contributed by atoms with Crippen molar-refractivity contribution in [2.24, 2.45) is 0 Å². The predicted molar refractivity (Wildman–Crippen MR) is 141 cm³/mol. The molecule has 0 saturated carbocycles. The molecule has 21 heteroatoms. The first-order chi connectivity index (χ1) is 22.1. The third-order valence-corrected chi connectivity index (χ3v) is 5.98. The Morgan fingerprint density at radius 3 is 0.833 bits per heavy atom. The summed E-state index contributed by atoms with van der Waals surface area (Å²) in [5.74, 6) is -5.66. The van der Waals surface area contributed by atoms with Gasteiger partial charge in [-0.2, -0.15) is 39.5 Å². The lowest BCUT2D eigenvalue weighted by atomic mass is 10.1. The summed E-state index contributed by atoms with van der Waals surface area (Å²) in [6, 6.07) is 5.69. The molecule has 252 valence electrons. The Balaban J connectivity index is 1.88. The number of non-ortho nitro benzene ring substituents is 3. The van der Waals surface area contributed by atoms with Crippen LogP contribution in [0.2, 0.25) is 0 Å². The zero-order chi connectivity index (χ0) is 35.8. The molecule has 12 nitrogen and oxygen atoms in total. The molecule has 4 rings (SSSR count). The van der Waals surface area contributed by atoms with Gasteiger partial charge in [0, 0.05) is 54.6 Å². The van der Waals surface area contributed by atoms with Crippen molar-refractivity contribution in [3.63, 3.8) is 0 Å². The molecule has 0 aliphatic carbocycles. The highest BCUT2D eigenvalue weighted by molar-refractivity contribution is 5.54. The Kier molecular flexibility index (Phi) is 9.09. The summed E-state index contributed by atoms with van der Waals surface area (Å²) in [5, 5.41) is 33.1. The average Bonchev–Trinajstić information content (AvgIpc) is 2.95. The second-order valence-corrected chi connectivity index (χ2v) is 9.25. The molecule has 0 saturated heterocycles. The predicted octanol–water partition coefficient (Wildman–Crippen LogP) is 9.84. The van der Waals surface area contributed by atoms with Gasteiger partial charge in [-0.25, -0.2) is 0 Å². The van der Waals surface area contributed by atoms with Crippen molar-refractivity contribution in [1.29, 1.82) is 0 Å². The van der Waals surface area contributed by atoms with Crippen LogP contribution in [0, 0.1) is 30.3 Å². The molecule has 0 amide bonds. The maximum atomic E-state index is 13.8. The van der Waals surface area contributed by atoms with Crippen LogP contribution in [-0.4, -0.2) is 14.8 Å². The topological polar surface area (TPSA) is 157 Å². The molecule has 0 aliphatic heterocycles. The van der Waals surface area contributed by atoms with Gasteiger partial charge in [0.05, 0.1) is 14.8 Å². The van der Waals surface area contributed by atoms with E-state index in [1.54, 1.807) is 0 Å². The van der Waals surface area contributed by atoms with Crippen molar-refractivity contribution < 1.29 is 68.5 Å². The van der Waals surface area contributed by atoms with Gasteiger partial charge >= 0.3 is 18.5 Å². The van der Waals surface area contributed by atoms with E-state index in [4.69, 9.17) is 14.2 Å². The van der Waals surface area contributed by atoms with E-state index in [1.807, 2.05) is 0 Å². The van der Waals surface area contributed by atoms with E-state index in [1.165, 1.54) is 0 Å². The quantitative estimate of drug-likeness (QED) is 0.0945. The normalized spacial score (nSPS) is 11.9. The minimum Gasteiger partial charge on any atom is -0.456 e. The number of halogens is 9. The van der Waals surface area contributed by atoms with Crippen molar-refractivity contribution >= 4 is 17.1 Å². The number of benzene rings is 4. The zero-order valence-corrected chi connectivity index (χ0v) is 22.8. The number of hydrogen-bond acceptors (Lipinski definition) is 9. The minimum absolute atomic E-state index is 0.103. The molecule has 0 bridgehead atoms. The van der Waals surface area contributed by atoms with Crippen LogP contribution in [-0.2, 0) is 18.5 Å². The monoisotopic (exact) mass is 693 g/mol. The van der Waals surface area contributed by atoms with Crippen LogP contribution in [0.15, 0.2) is 72.8 Å². The summed E-state index contributed by atoms with van der Waals surface area (Å²) in [5.41, 5.74) is -8.12. The van der Waals surface area contributed by atoms with Gasteiger partial charge in [0.25, 0.3) is 17.1 Å². The van der Waals surface area contributed by atoms with Gasteiger partial charge in [0.1, 0.15) is 51.2 Å². The fourth-order valence-corrected chi connectivity index (χ4v) is 3.93. The highest BCUT2D eigenvalue weighted by Gasteiger charge is 2.39. The SMILES string of the molecule is O=[N+]([O-])c1ccc(Oc2cc(Oc3ccc([N+](=O)[O-])cc3C(F)(F)F)cc(Oc3ccc([N+](=O)[O-])cc3C(F)(F)F)c2)c(C(F)(F)F)c1. The lowest BCUT2D eigenvalue weighted by Gasteiger charge is -2.18. The molecule has 0 N–H and O–H groups in total. The first kappa shape index (κ1) is 34.7. The van der Waals surface area contributed by atoms with E-state index in [2.05, 4.69) is 0 Å². The Morgan fingerprint density at radius 2 is 0.646 bits per heavy atom. The molecule has 0 heterocycles. The Labute approximate surface area is 258 Å². The van der Waals surface area contributed by atoms with Crippen molar-refractivity contribution in [3.05, 3.63) is 120 Å². The standard InChI is InChI=1S/C27H12F9N3O9/c28-25(29,30)19-7-13(37(40)41)1-4-22(19)46-16-10-17(47-23-5-2-14(38(42)43)8-20(23)26(31,32)33)12-18(11-16)48-24-6-3-15(39(44)45)9-21(24)27(34,35)36/h1-12H. The molecule has 0 radical (unpaired) electrons. The zero-order valence-electron chi connectivity index (χ0n) is 22.8. The van der Waals surface area contributed by atoms with Gasteiger partial charge in [-0.15, -0.1) is 0 Å². The van der Waals surface area contributed by atoms with E-state index >= 15 is 0 Å². The van der Waals surface area contributed by atoms with Crippen molar-refractivity contribution in [2.45, 2.75) is 18.5 Å². The molecule has 0 aromatic heterocycles. The van der Waals surface area contributed by atoms with Gasteiger partial charge < -0.3 is 14.2 Å². The number of nitrogens with zero attached hydrogens (tertiary/aromatic N) is 3. The molecule has 0 fully saturated rings. The van der Waals surface area contributed by atoms with Crippen LogP contribution in [0.25, 0.3) is 0 Å². The van der Waals surface area contributed by atoms with Gasteiger partial charge in [-0.1, -0.05) is 0 Å². The van der Waals surface area contributed by atoms with Crippen LogP contribution >= 0.6 is 0 Å². The van der Waals surface area contributed by atoms with E-state index in [0.29, 0.717) is 54.6 Å². The largest absolute Gasteiger partial charge is 0.456 e. The molecular formula is C27H12F9N3O9. The molecule has 0 unspecified atom stereocenters. The summed E-state index contributed by atoms with van der Waals surface area (Å²) >= 11 is 0. The summed E-state index contributed by atoms with van der Waals surface area (Å²) in [6.07, 6.45) is -15.8. The third-order valence-electron chi connectivity index (χ3n) is 5.98. The Bertz CT molecular complexity index is 1700. The number of nitro benzene ring substituents is 3. The summed E-state index contributed by atoms with van der Waals surface area (Å²) in [6.45, 7) is 0. The maximum Gasteiger partial charge on any atom is 0.420 e. The smallest absolute Gasteiger partial charge is 0.420 e. The number of rotatable bonds is 9. The first-order valence-corrected chi connectivity index (χ1v) is 12.4. The van der Waals surface area contributed by atoms with Crippen molar-refractivity contribution in [2.75, 3.05) is 0 Å². The van der Waals surface area contributed by atoms with Gasteiger partial charge in [-0.3, -0.25) is 30.3 Å². The number of alkyl halides is 9. The molecule has 0 spiro atoms. The molecule has 4 aromatic carbocycles. The van der Waals surface area contributed by atoms with Gasteiger partial charge in [-0.05, 0) is 18.2 Å². The maximum absolute atomic E-state index is 13.8. The molecule has 0 atom stereocenters. The Morgan fingerprint density at radius 1 is 0.417 bits per heavy atom. The second kappa shape index (κ2) is 12.6. The summed E-state index contributed by atoms with van der Waals surface area (Å²) < 4.78 is 139. The van der Waals surface area contributed by atoms with Crippen LogP contribution in [0.1, 0.15) is 16.7 Å². The van der Waals surface area contributed by atoms with Crippen LogP contribution in [0.3, 0.4) is 0 Å². The fourth-order valence-electron chi connectivity index (χ4n) is 3.93. The Hall–Kier alpha value is -6.15. The highest BCUT2D eigenvalue weighted by Crippen LogP contribution is 2.46. The third kappa shape index (κ3) is 7.97. The fraction of sp³-hybridized carbons (Fsp3) is 0.111. The lowest BCUT2D eigenvalue weighted by molar-refractivity contribution is -0.385. The van der Waals surface area contributed by atoms with Crippen molar-refractivity contribution in [1.82, 2.24) is 0 Å². The van der Waals surface area contributed by atoms with Gasteiger partial charge in [0.15, 0.2) is 0 Å². The highest BCUT2D eigenvalue weighted by atomic mass is 19.4. The van der Waals surface area contributed by atoms with E-state index < -0.39 is 102 Å². The van der Waals surface area contributed by atoms with Crippen LogP contribution in [0.5, 0.6) is 34.5 Å². The summed E-state index contributed by atoms with van der Waals surface area (Å²) in [7, 11) is 0.